The maximum atomic E-state index is 11.1. The Balaban J connectivity index is 1.51. The summed E-state index contributed by atoms with van der Waals surface area (Å²) in [6, 6.07) is 18.9. The Morgan fingerprint density at radius 3 is 2.68 bits per heavy atom. The fourth-order valence-electron chi connectivity index (χ4n) is 2.48. The van der Waals surface area contributed by atoms with Crippen molar-refractivity contribution in [3.05, 3.63) is 89.7 Å². The van der Waals surface area contributed by atoms with E-state index in [1.807, 2.05) is 60.7 Å². The molecule has 1 N–H and O–H groups in total. The van der Waals surface area contributed by atoms with Crippen LogP contribution >= 0.6 is 0 Å². The molecule has 0 spiro atoms. The summed E-state index contributed by atoms with van der Waals surface area (Å²) >= 11 is 0. The first-order chi connectivity index (χ1) is 13.7. The quantitative estimate of drug-likeness (QED) is 0.474. The first kappa shape index (κ1) is 19.1. The van der Waals surface area contributed by atoms with Crippen molar-refractivity contribution in [2.45, 2.75) is 20.1 Å². The molecular formula is C22H21N3O3. The van der Waals surface area contributed by atoms with Crippen LogP contribution in [-0.4, -0.2) is 17.1 Å². The van der Waals surface area contributed by atoms with Crippen LogP contribution < -0.4 is 10.1 Å². The minimum atomic E-state index is -0.109. The third kappa shape index (κ3) is 6.25. The van der Waals surface area contributed by atoms with Crippen molar-refractivity contribution in [3.8, 4) is 5.75 Å². The van der Waals surface area contributed by atoms with E-state index in [1.165, 1.54) is 6.92 Å². The molecule has 0 saturated carbocycles. The lowest BCUT2D eigenvalue weighted by atomic mass is 10.2. The van der Waals surface area contributed by atoms with Gasteiger partial charge in [-0.3, -0.25) is 9.78 Å². The van der Waals surface area contributed by atoms with E-state index in [0.29, 0.717) is 13.2 Å². The number of rotatable bonds is 8. The molecule has 28 heavy (non-hydrogen) atoms. The molecule has 2 aromatic carbocycles. The van der Waals surface area contributed by atoms with Crippen LogP contribution in [0, 0.1) is 0 Å². The number of aromatic nitrogens is 1. The maximum Gasteiger partial charge on any atom is 0.221 e. The number of hydrogen-bond acceptors (Lipinski definition) is 5. The zero-order valence-electron chi connectivity index (χ0n) is 15.5. The molecule has 3 aromatic rings. The molecule has 0 saturated heterocycles. The Hall–Kier alpha value is -3.67. The fourth-order valence-corrected chi connectivity index (χ4v) is 2.48. The second-order valence-corrected chi connectivity index (χ2v) is 6.11. The summed E-state index contributed by atoms with van der Waals surface area (Å²) in [5.41, 5.74) is 3.58. The molecule has 1 heterocycles. The fraction of sp³-hybridized carbons (Fsp3) is 0.136. The average molecular weight is 375 g/mol. The lowest BCUT2D eigenvalue weighted by Crippen LogP contribution is -2.05. The predicted octanol–water partition coefficient (Wildman–Crippen LogP) is 4.17. The highest BCUT2D eigenvalue weighted by molar-refractivity contribution is 5.88. The van der Waals surface area contributed by atoms with Crippen LogP contribution in [0.25, 0.3) is 0 Å². The number of anilines is 1. The zero-order valence-corrected chi connectivity index (χ0v) is 15.5. The van der Waals surface area contributed by atoms with Gasteiger partial charge < -0.3 is 14.9 Å². The van der Waals surface area contributed by atoms with Crippen molar-refractivity contribution in [2.75, 3.05) is 5.32 Å². The molecule has 0 atom stereocenters. The Labute approximate surface area is 163 Å². The summed E-state index contributed by atoms with van der Waals surface area (Å²) in [6.07, 6.45) is 5.12. The van der Waals surface area contributed by atoms with Crippen LogP contribution in [0.2, 0.25) is 0 Å². The van der Waals surface area contributed by atoms with Gasteiger partial charge >= 0.3 is 0 Å². The first-order valence-electron chi connectivity index (χ1n) is 8.83. The molecule has 0 aliphatic rings. The van der Waals surface area contributed by atoms with Crippen molar-refractivity contribution in [1.82, 2.24) is 4.98 Å². The van der Waals surface area contributed by atoms with Crippen molar-refractivity contribution in [2.24, 2.45) is 5.16 Å². The van der Waals surface area contributed by atoms with Gasteiger partial charge in [0.25, 0.3) is 0 Å². The Bertz CT molecular complexity index is 943. The van der Waals surface area contributed by atoms with Crippen LogP contribution in [0.4, 0.5) is 5.69 Å². The number of amides is 1. The third-order valence-electron chi connectivity index (χ3n) is 3.77. The lowest BCUT2D eigenvalue weighted by molar-refractivity contribution is -0.114. The van der Waals surface area contributed by atoms with Crippen molar-refractivity contribution in [1.29, 1.82) is 0 Å². The molecule has 0 fully saturated rings. The number of carbonyl (C=O) groups excluding carboxylic acids is 1. The summed E-state index contributed by atoms with van der Waals surface area (Å²) in [7, 11) is 0. The number of pyridine rings is 1. The third-order valence-corrected chi connectivity index (χ3v) is 3.77. The van der Waals surface area contributed by atoms with Crippen LogP contribution in [0.3, 0.4) is 0 Å². The largest absolute Gasteiger partial charge is 0.489 e. The summed E-state index contributed by atoms with van der Waals surface area (Å²) in [6.45, 7) is 2.26. The van der Waals surface area contributed by atoms with Gasteiger partial charge in [0.1, 0.15) is 19.0 Å². The summed E-state index contributed by atoms with van der Waals surface area (Å²) in [4.78, 5) is 20.5. The maximum absolute atomic E-state index is 11.1. The van der Waals surface area contributed by atoms with Crippen molar-refractivity contribution >= 4 is 17.8 Å². The molecule has 0 aliphatic carbocycles. The SMILES string of the molecule is CC(=O)Nc1cccc(CON=Cc2cccc(OCc3ccncc3)c2)c1. The summed E-state index contributed by atoms with van der Waals surface area (Å²) < 4.78 is 5.79. The highest BCUT2D eigenvalue weighted by Gasteiger charge is 1.99. The van der Waals surface area contributed by atoms with Crippen LogP contribution in [0.15, 0.2) is 78.2 Å². The van der Waals surface area contributed by atoms with E-state index in [9.17, 15) is 4.79 Å². The number of carbonyl (C=O) groups is 1. The number of oxime groups is 1. The molecule has 3 rings (SSSR count). The molecule has 142 valence electrons. The molecule has 0 radical (unpaired) electrons. The molecule has 1 amide bonds. The van der Waals surface area contributed by atoms with Gasteiger partial charge in [0.2, 0.25) is 5.91 Å². The summed E-state index contributed by atoms with van der Waals surface area (Å²) in [5, 5.41) is 6.75. The minimum absolute atomic E-state index is 0.109. The molecule has 0 aliphatic heterocycles. The normalized spacial score (nSPS) is 10.6. The van der Waals surface area contributed by atoms with E-state index in [4.69, 9.17) is 9.57 Å². The van der Waals surface area contributed by atoms with Crippen molar-refractivity contribution < 1.29 is 14.4 Å². The Morgan fingerprint density at radius 1 is 1.04 bits per heavy atom. The van der Waals surface area contributed by atoms with Crippen LogP contribution in [0.1, 0.15) is 23.6 Å². The van der Waals surface area contributed by atoms with E-state index in [2.05, 4.69) is 15.5 Å². The van der Waals surface area contributed by atoms with Gasteiger partial charge in [-0.15, -0.1) is 0 Å². The highest BCUT2D eigenvalue weighted by Crippen LogP contribution is 2.15. The molecule has 1 aromatic heterocycles. The minimum Gasteiger partial charge on any atom is -0.489 e. The van der Waals surface area contributed by atoms with E-state index in [-0.39, 0.29) is 5.91 Å². The van der Waals surface area contributed by atoms with Gasteiger partial charge in [0.05, 0.1) is 6.21 Å². The second-order valence-electron chi connectivity index (χ2n) is 6.11. The number of benzene rings is 2. The standard InChI is InChI=1S/C22H21N3O3/c1-17(26)25-21-6-2-5-20(12-21)16-28-24-14-19-4-3-7-22(13-19)27-15-18-8-10-23-11-9-18/h2-14H,15-16H2,1H3,(H,25,26). The number of nitrogens with one attached hydrogen (secondary N) is 1. The van der Waals surface area contributed by atoms with Gasteiger partial charge in [0.15, 0.2) is 0 Å². The molecular weight excluding hydrogens is 354 g/mol. The van der Waals surface area contributed by atoms with Gasteiger partial charge in [-0.2, -0.15) is 0 Å². The Kier molecular flexibility index (Phi) is 6.73. The van der Waals surface area contributed by atoms with Gasteiger partial charge in [-0.1, -0.05) is 29.4 Å². The van der Waals surface area contributed by atoms with Gasteiger partial charge in [0, 0.05) is 25.0 Å². The Morgan fingerprint density at radius 2 is 1.86 bits per heavy atom. The molecule has 6 nitrogen and oxygen atoms in total. The monoisotopic (exact) mass is 375 g/mol. The van der Waals surface area contributed by atoms with Gasteiger partial charge in [-0.05, 0) is 53.1 Å². The van der Waals surface area contributed by atoms with E-state index >= 15 is 0 Å². The number of nitrogens with zero attached hydrogens (tertiary/aromatic N) is 2. The topological polar surface area (TPSA) is 72.8 Å². The number of ether oxygens (including phenoxy) is 1. The van der Waals surface area contributed by atoms with Gasteiger partial charge in [-0.25, -0.2) is 0 Å². The van der Waals surface area contributed by atoms with E-state index in [1.54, 1.807) is 18.6 Å². The molecule has 6 heteroatoms. The van der Waals surface area contributed by atoms with E-state index in [0.717, 1.165) is 28.1 Å². The van der Waals surface area contributed by atoms with E-state index < -0.39 is 0 Å². The second kappa shape index (κ2) is 9.87. The summed E-state index contributed by atoms with van der Waals surface area (Å²) in [5.74, 6) is 0.644. The number of hydrogen-bond donors (Lipinski definition) is 1. The van der Waals surface area contributed by atoms with Crippen LogP contribution in [-0.2, 0) is 22.8 Å². The zero-order chi connectivity index (χ0) is 19.6. The first-order valence-corrected chi connectivity index (χ1v) is 8.83. The lowest BCUT2D eigenvalue weighted by Gasteiger charge is -2.07. The molecule has 0 bridgehead atoms. The highest BCUT2D eigenvalue weighted by atomic mass is 16.6. The smallest absolute Gasteiger partial charge is 0.221 e. The predicted molar refractivity (Wildman–Crippen MR) is 108 cm³/mol. The van der Waals surface area contributed by atoms with Crippen molar-refractivity contribution in [3.63, 3.8) is 0 Å². The molecule has 0 unspecified atom stereocenters. The van der Waals surface area contributed by atoms with Crippen LogP contribution in [0.5, 0.6) is 5.75 Å². The average Bonchev–Trinajstić information content (AvgIpc) is 2.71.